The van der Waals surface area contributed by atoms with Crippen molar-refractivity contribution in [2.24, 2.45) is 0 Å². The average Bonchev–Trinajstić information content (AvgIpc) is 1.00. The van der Waals surface area contributed by atoms with Gasteiger partial charge in [-0.05, 0) is 0 Å². The molecule has 0 unspecified atom stereocenters. The number of rotatable bonds is 0. The number of hydrogen-bond acceptors (Lipinski definition) is 1. The molecule has 0 aliphatic heterocycles. The van der Waals surface area contributed by atoms with Crippen molar-refractivity contribution in [3.05, 3.63) is 0 Å². The van der Waals surface area contributed by atoms with Crippen molar-refractivity contribution in [2.75, 3.05) is 0 Å². The van der Waals surface area contributed by atoms with Crippen LogP contribution >= 0.6 is 11.9 Å². The van der Waals surface area contributed by atoms with Crippen molar-refractivity contribution < 1.29 is 55.9 Å². The van der Waals surface area contributed by atoms with Crippen molar-refractivity contribution in [3.8, 4) is 0 Å². The van der Waals surface area contributed by atoms with Gasteiger partial charge in [-0.3, -0.25) is 4.66 Å². The predicted octanol–water partition coefficient (Wildman–Crippen LogP) is -5.63. The zero-order valence-corrected chi connectivity index (χ0v) is 5.58. The molecule has 0 aromatic rings. The van der Waals surface area contributed by atoms with Crippen LogP contribution in [0.3, 0.4) is 0 Å². The van der Waals surface area contributed by atoms with Crippen LogP contribution in [0.4, 0.5) is 0 Å². The van der Waals surface area contributed by atoms with Crippen molar-refractivity contribution in [2.45, 2.75) is 0 Å². The van der Waals surface area contributed by atoms with Crippen molar-refractivity contribution in [3.63, 3.8) is 0 Å². The van der Waals surface area contributed by atoms with Gasteiger partial charge in [0.25, 0.3) is 0 Å². The van der Waals surface area contributed by atoms with E-state index in [-0.39, 0.29) is 51.3 Å². The Morgan fingerprint density at radius 2 is 1.50 bits per heavy atom. The Hall–Kier alpha value is 1.85. The van der Waals surface area contributed by atoms with Crippen LogP contribution in [0.2, 0.25) is 0 Å². The van der Waals surface area contributed by atoms with Gasteiger partial charge in [-0.25, -0.2) is 0 Å². The van der Waals surface area contributed by atoms with E-state index in [2.05, 4.69) is 11.9 Å². The van der Waals surface area contributed by atoms with Gasteiger partial charge in [0, 0.05) is 0 Å². The van der Waals surface area contributed by atoms with E-state index in [1.54, 1.807) is 0 Å². The Balaban J connectivity index is -0.000000000833. The van der Waals surface area contributed by atoms with Crippen LogP contribution in [-0.4, -0.2) is 4.66 Å². The maximum absolute atomic E-state index is 6.47. The molecule has 0 saturated heterocycles. The molecular weight excluding hydrogens is 81.4 g/mol. The molecule has 0 rings (SSSR count). The topological polar surface area (TPSA) is 20.2 Å². The summed E-state index contributed by atoms with van der Waals surface area (Å²) < 4.78 is 6.47. The van der Waals surface area contributed by atoms with Crippen LogP contribution in [-0.2, 0) is 0 Å². The summed E-state index contributed by atoms with van der Waals surface area (Å²) in [4.78, 5) is 0. The fourth-order valence-electron chi connectivity index (χ4n) is 0. The maximum Gasteiger partial charge on any atom is 1.00 e. The smallest absolute Gasteiger partial charge is 1.00 e. The third-order valence-corrected chi connectivity index (χ3v) is 0. The van der Waals surface area contributed by atoms with E-state index < -0.39 is 0 Å². The molecule has 0 fully saturated rings. The summed E-state index contributed by atoms with van der Waals surface area (Å²) in [5, 5.41) is 0. The SMILES string of the molecule is OCl.[H-].[H-].[Li+].[Na+]. The van der Waals surface area contributed by atoms with Crippen molar-refractivity contribution in [1.29, 1.82) is 0 Å². The van der Waals surface area contributed by atoms with E-state index in [4.69, 9.17) is 4.66 Å². The van der Waals surface area contributed by atoms with Gasteiger partial charge in [0.05, 0.1) is 11.9 Å². The molecule has 4 heteroatoms. The summed E-state index contributed by atoms with van der Waals surface area (Å²) in [5.74, 6) is 0. The number of hydrogen-bond donors (Lipinski definition) is 1. The Kier molecular flexibility index (Phi) is 89.1. The van der Waals surface area contributed by atoms with Gasteiger partial charge in [0.2, 0.25) is 0 Å². The summed E-state index contributed by atoms with van der Waals surface area (Å²) in [5.41, 5.74) is 0. The van der Waals surface area contributed by atoms with Crippen LogP contribution in [0, 0.1) is 0 Å². The largest absolute Gasteiger partial charge is 1.00 e. The van der Waals surface area contributed by atoms with Gasteiger partial charge in [0.15, 0.2) is 0 Å². The monoisotopic (exact) mass is 84.0 g/mol. The fourth-order valence-corrected chi connectivity index (χ4v) is 0. The van der Waals surface area contributed by atoms with Crippen LogP contribution in [0.15, 0.2) is 0 Å². The quantitative estimate of drug-likeness (QED) is 0.290. The maximum atomic E-state index is 6.47. The third-order valence-electron chi connectivity index (χ3n) is 0. The zero-order chi connectivity index (χ0) is 2.00. The predicted molar refractivity (Wildman–Crippen MR) is 10.3 cm³/mol. The minimum atomic E-state index is 0. The van der Waals surface area contributed by atoms with E-state index in [0.717, 1.165) is 0 Å². The van der Waals surface area contributed by atoms with Crippen LogP contribution in [0.25, 0.3) is 0 Å². The molecule has 0 amide bonds. The van der Waals surface area contributed by atoms with Gasteiger partial charge in [0.1, 0.15) is 0 Å². The Labute approximate surface area is 67.3 Å². The Bertz CT molecular complexity index is 13.5. The second-order valence-electron chi connectivity index (χ2n) is 0. The van der Waals surface area contributed by atoms with Gasteiger partial charge in [-0.15, -0.1) is 0 Å². The summed E-state index contributed by atoms with van der Waals surface area (Å²) in [6.07, 6.45) is 0. The van der Waals surface area contributed by atoms with Crippen molar-refractivity contribution in [1.82, 2.24) is 0 Å². The Morgan fingerprint density at radius 3 is 1.50 bits per heavy atom. The van der Waals surface area contributed by atoms with Gasteiger partial charge in [-0.1, -0.05) is 0 Å². The second kappa shape index (κ2) is 21.0. The molecule has 0 aliphatic carbocycles. The molecule has 0 saturated carbocycles. The first kappa shape index (κ1) is 16.9. The molecule has 1 N–H and O–H groups in total. The molecule has 0 bridgehead atoms. The molecule has 0 atom stereocenters. The fraction of sp³-hybridized carbons (Fsp3) is 0. The van der Waals surface area contributed by atoms with Crippen LogP contribution in [0.1, 0.15) is 2.85 Å². The van der Waals surface area contributed by atoms with E-state index in [1.165, 1.54) is 0 Å². The minimum Gasteiger partial charge on any atom is -1.00 e. The Morgan fingerprint density at radius 1 is 1.50 bits per heavy atom. The van der Waals surface area contributed by atoms with Crippen molar-refractivity contribution >= 4 is 11.9 Å². The normalized spacial score (nSPS) is 1.50. The van der Waals surface area contributed by atoms with Crippen LogP contribution in [0.5, 0.6) is 0 Å². The molecule has 0 heterocycles. The second-order valence-corrected chi connectivity index (χ2v) is 0. The number of halogens is 1. The van der Waals surface area contributed by atoms with Gasteiger partial charge >= 0.3 is 48.4 Å². The first-order valence-electron chi connectivity index (χ1n) is 0.169. The molecule has 0 radical (unpaired) electrons. The van der Waals surface area contributed by atoms with E-state index >= 15 is 0 Å². The average molecular weight is 84.4 g/mol. The molecule has 4 heavy (non-hydrogen) atoms. The molecule has 18 valence electrons. The summed E-state index contributed by atoms with van der Waals surface area (Å²) in [6, 6.07) is 0. The van der Waals surface area contributed by atoms with Crippen LogP contribution < -0.4 is 48.4 Å². The molecule has 1 nitrogen and oxygen atoms in total. The molecule has 0 aliphatic rings. The minimum absolute atomic E-state index is 0. The van der Waals surface area contributed by atoms with Gasteiger partial charge < -0.3 is 2.85 Å². The molecule has 0 spiro atoms. The summed E-state index contributed by atoms with van der Waals surface area (Å²) in [6.45, 7) is 0. The first-order valence-corrected chi connectivity index (χ1v) is 0.507. The summed E-state index contributed by atoms with van der Waals surface area (Å²) >= 11 is 3.64. The molecular formula is H3ClLiNaO. The molecule has 0 aromatic carbocycles. The van der Waals surface area contributed by atoms with E-state index in [1.807, 2.05) is 0 Å². The van der Waals surface area contributed by atoms with E-state index in [0.29, 0.717) is 0 Å². The zero-order valence-electron chi connectivity index (χ0n) is 4.83. The first-order chi connectivity index (χ1) is 1.00. The van der Waals surface area contributed by atoms with Gasteiger partial charge in [-0.2, -0.15) is 0 Å². The third kappa shape index (κ3) is 9.14. The molecule has 0 aromatic heterocycles. The summed E-state index contributed by atoms with van der Waals surface area (Å²) in [7, 11) is 0. The standard InChI is InChI=1S/ClHO.Li.Na.2H/c1-2;;;;/h2H;;;;/q;2*+1;2*-1. The van der Waals surface area contributed by atoms with E-state index in [9.17, 15) is 0 Å².